The average molecular weight is 304 g/mol. The largest absolute Gasteiger partial charge is 0.469 e. The maximum absolute atomic E-state index is 11.5. The first-order chi connectivity index (χ1) is 10.6. The van der Waals surface area contributed by atoms with E-state index in [0.717, 1.165) is 32.5 Å². The van der Waals surface area contributed by atoms with Crippen molar-refractivity contribution in [1.82, 2.24) is 9.80 Å². The first-order valence-electron chi connectivity index (χ1n) is 8.09. The first-order valence-corrected chi connectivity index (χ1v) is 8.09. The molecule has 1 aliphatic heterocycles. The van der Waals surface area contributed by atoms with Crippen molar-refractivity contribution in [1.29, 1.82) is 0 Å². The van der Waals surface area contributed by atoms with Gasteiger partial charge in [0, 0.05) is 25.6 Å². The van der Waals surface area contributed by atoms with E-state index in [2.05, 4.69) is 54.2 Å². The minimum absolute atomic E-state index is 0.0994. The van der Waals surface area contributed by atoms with E-state index >= 15 is 0 Å². The summed E-state index contributed by atoms with van der Waals surface area (Å²) in [7, 11) is 5.75. The van der Waals surface area contributed by atoms with Crippen LogP contribution in [-0.4, -0.2) is 56.1 Å². The molecule has 4 nitrogen and oxygen atoms in total. The van der Waals surface area contributed by atoms with Crippen molar-refractivity contribution in [3.63, 3.8) is 0 Å². The number of benzene rings is 1. The van der Waals surface area contributed by atoms with Gasteiger partial charge in [-0.25, -0.2) is 0 Å². The minimum Gasteiger partial charge on any atom is -0.469 e. The van der Waals surface area contributed by atoms with Gasteiger partial charge in [-0.2, -0.15) is 0 Å². The van der Waals surface area contributed by atoms with E-state index in [1.165, 1.54) is 12.7 Å². The summed E-state index contributed by atoms with van der Waals surface area (Å²) < 4.78 is 4.79. The molecule has 0 N–H and O–H groups in total. The molecule has 1 aromatic carbocycles. The summed E-state index contributed by atoms with van der Waals surface area (Å²) in [6.07, 6.45) is 2.58. The van der Waals surface area contributed by atoms with Crippen molar-refractivity contribution in [2.75, 3.05) is 34.3 Å². The van der Waals surface area contributed by atoms with Gasteiger partial charge in [0.2, 0.25) is 0 Å². The number of methoxy groups -OCH3 is 1. The lowest BCUT2D eigenvalue weighted by Gasteiger charge is -2.41. The van der Waals surface area contributed by atoms with Gasteiger partial charge in [-0.3, -0.25) is 9.69 Å². The van der Waals surface area contributed by atoms with Crippen molar-refractivity contribution in [3.8, 4) is 0 Å². The second-order valence-electron chi connectivity index (χ2n) is 6.42. The predicted octanol–water partition coefficient (Wildman–Crippen LogP) is 2.39. The van der Waals surface area contributed by atoms with Gasteiger partial charge in [0.05, 0.1) is 7.11 Å². The number of esters is 1. The molecule has 1 saturated heterocycles. The van der Waals surface area contributed by atoms with E-state index in [1.54, 1.807) is 0 Å². The fourth-order valence-electron chi connectivity index (χ4n) is 3.45. The fourth-order valence-corrected chi connectivity index (χ4v) is 3.45. The molecule has 0 amide bonds. The summed E-state index contributed by atoms with van der Waals surface area (Å²) in [6.45, 7) is 3.16. The van der Waals surface area contributed by atoms with E-state index < -0.39 is 0 Å². The summed E-state index contributed by atoms with van der Waals surface area (Å²) in [5.41, 5.74) is 1.36. The van der Waals surface area contributed by atoms with Crippen molar-refractivity contribution >= 4 is 5.97 Å². The van der Waals surface area contributed by atoms with Crippen LogP contribution >= 0.6 is 0 Å². The highest BCUT2D eigenvalue weighted by Crippen LogP contribution is 2.26. The second kappa shape index (κ2) is 8.30. The van der Waals surface area contributed by atoms with E-state index in [-0.39, 0.29) is 5.97 Å². The van der Waals surface area contributed by atoms with Crippen LogP contribution < -0.4 is 0 Å². The van der Waals surface area contributed by atoms with Gasteiger partial charge in [0.25, 0.3) is 0 Å². The van der Waals surface area contributed by atoms with Gasteiger partial charge >= 0.3 is 5.97 Å². The smallest absolute Gasteiger partial charge is 0.305 e. The average Bonchev–Trinajstić information content (AvgIpc) is 2.53. The topological polar surface area (TPSA) is 32.8 Å². The number of ether oxygens (including phenoxy) is 1. The Labute approximate surface area is 134 Å². The molecule has 1 aromatic rings. The zero-order valence-electron chi connectivity index (χ0n) is 14.0. The Kier molecular flexibility index (Phi) is 6.40. The van der Waals surface area contributed by atoms with Crippen LogP contribution in [0.2, 0.25) is 0 Å². The standard InChI is InChI=1S/C18H28N2O2/c1-19(2)17-11-12-20(13-15-7-5-4-6-8-15)14-16(17)9-10-18(21)22-3/h4-8,16-17H,9-14H2,1-3H3/t16-,17+/m0/s1. The number of hydrogen-bond acceptors (Lipinski definition) is 4. The number of nitrogens with zero attached hydrogens (tertiary/aromatic N) is 2. The summed E-state index contributed by atoms with van der Waals surface area (Å²) >= 11 is 0. The highest BCUT2D eigenvalue weighted by atomic mass is 16.5. The van der Waals surface area contributed by atoms with Crippen LogP contribution in [0, 0.1) is 5.92 Å². The quantitative estimate of drug-likeness (QED) is 0.756. The molecule has 4 heteroatoms. The van der Waals surface area contributed by atoms with Crippen LogP contribution in [0.5, 0.6) is 0 Å². The number of hydrogen-bond donors (Lipinski definition) is 0. The molecule has 22 heavy (non-hydrogen) atoms. The molecule has 1 heterocycles. The van der Waals surface area contributed by atoms with Gasteiger partial charge in [0.1, 0.15) is 0 Å². The Morgan fingerprint density at radius 3 is 2.68 bits per heavy atom. The molecule has 0 saturated carbocycles. The van der Waals surface area contributed by atoms with Gasteiger partial charge in [-0.05, 0) is 45.0 Å². The Hall–Kier alpha value is -1.39. The first kappa shape index (κ1) is 17.0. The molecule has 1 fully saturated rings. The normalized spacial score (nSPS) is 22.7. The maximum atomic E-state index is 11.5. The van der Waals surface area contributed by atoms with E-state index in [4.69, 9.17) is 4.74 Å². The summed E-state index contributed by atoms with van der Waals surface area (Å²) in [5.74, 6) is 0.421. The molecule has 0 aromatic heterocycles. The molecule has 0 aliphatic carbocycles. The molecule has 1 aliphatic rings. The lowest BCUT2D eigenvalue weighted by molar-refractivity contribution is -0.141. The van der Waals surface area contributed by atoms with Gasteiger partial charge in [-0.1, -0.05) is 30.3 Å². The number of carbonyl (C=O) groups is 1. The number of rotatable bonds is 6. The van der Waals surface area contributed by atoms with E-state index in [1.807, 2.05) is 0 Å². The Bertz CT molecular complexity index is 461. The highest BCUT2D eigenvalue weighted by Gasteiger charge is 2.30. The molecular formula is C18H28N2O2. The molecule has 0 radical (unpaired) electrons. The third kappa shape index (κ3) is 4.82. The van der Waals surface area contributed by atoms with Crippen molar-refractivity contribution < 1.29 is 9.53 Å². The van der Waals surface area contributed by atoms with Gasteiger partial charge in [0.15, 0.2) is 0 Å². The number of carbonyl (C=O) groups excluding carboxylic acids is 1. The third-order valence-electron chi connectivity index (χ3n) is 4.64. The van der Waals surface area contributed by atoms with E-state index in [9.17, 15) is 4.79 Å². The van der Waals surface area contributed by atoms with Gasteiger partial charge < -0.3 is 9.64 Å². The van der Waals surface area contributed by atoms with Crippen molar-refractivity contribution in [3.05, 3.63) is 35.9 Å². The van der Waals surface area contributed by atoms with Crippen molar-refractivity contribution in [2.45, 2.75) is 31.8 Å². The van der Waals surface area contributed by atoms with Crippen LogP contribution in [-0.2, 0) is 16.1 Å². The van der Waals surface area contributed by atoms with Crippen LogP contribution in [0.1, 0.15) is 24.8 Å². The van der Waals surface area contributed by atoms with Crippen LogP contribution in [0.4, 0.5) is 0 Å². The van der Waals surface area contributed by atoms with E-state index in [0.29, 0.717) is 18.4 Å². The minimum atomic E-state index is -0.0994. The molecular weight excluding hydrogens is 276 g/mol. The zero-order valence-corrected chi connectivity index (χ0v) is 14.0. The lowest BCUT2D eigenvalue weighted by Crippen LogP contribution is -2.48. The lowest BCUT2D eigenvalue weighted by atomic mass is 9.87. The second-order valence-corrected chi connectivity index (χ2v) is 6.42. The summed E-state index contributed by atoms with van der Waals surface area (Å²) in [5, 5.41) is 0. The molecule has 0 unspecified atom stereocenters. The number of likely N-dealkylation sites (tertiary alicyclic amines) is 1. The van der Waals surface area contributed by atoms with Crippen LogP contribution in [0.15, 0.2) is 30.3 Å². The predicted molar refractivity (Wildman–Crippen MR) is 88.6 cm³/mol. The maximum Gasteiger partial charge on any atom is 0.305 e. The SMILES string of the molecule is COC(=O)CC[C@H]1CN(Cc2ccccc2)CC[C@H]1N(C)C. The molecule has 0 spiro atoms. The monoisotopic (exact) mass is 304 g/mol. The van der Waals surface area contributed by atoms with Crippen LogP contribution in [0.3, 0.4) is 0 Å². The zero-order chi connectivity index (χ0) is 15.9. The Morgan fingerprint density at radius 2 is 2.05 bits per heavy atom. The molecule has 2 rings (SSSR count). The molecule has 122 valence electrons. The summed E-state index contributed by atoms with van der Waals surface area (Å²) in [4.78, 5) is 16.3. The van der Waals surface area contributed by atoms with Gasteiger partial charge in [-0.15, -0.1) is 0 Å². The Balaban J connectivity index is 1.94. The third-order valence-corrected chi connectivity index (χ3v) is 4.64. The van der Waals surface area contributed by atoms with Crippen LogP contribution in [0.25, 0.3) is 0 Å². The fraction of sp³-hybridized carbons (Fsp3) is 0.611. The Morgan fingerprint density at radius 1 is 1.32 bits per heavy atom. The molecule has 0 bridgehead atoms. The number of piperidine rings is 1. The molecule has 2 atom stereocenters. The summed E-state index contributed by atoms with van der Waals surface area (Å²) in [6, 6.07) is 11.2. The highest BCUT2D eigenvalue weighted by molar-refractivity contribution is 5.69. The van der Waals surface area contributed by atoms with Crippen molar-refractivity contribution in [2.24, 2.45) is 5.92 Å².